The maximum absolute atomic E-state index is 16.4. The van der Waals surface area contributed by atoms with Crippen molar-refractivity contribution in [3.8, 4) is 5.69 Å². The first-order chi connectivity index (χ1) is 21.9. The number of nitrogen functional groups attached to an aromatic ring is 1. The molecule has 0 unspecified atom stereocenters. The molecule has 4 heterocycles. The minimum atomic E-state index is -1.18. The number of likely N-dealkylation sites (N-methyl/N-ethyl adjacent to an activating group) is 1. The summed E-state index contributed by atoms with van der Waals surface area (Å²) in [5.41, 5.74) is 3.70. The maximum Gasteiger partial charge on any atom is 0.273 e. The first-order valence-corrected chi connectivity index (χ1v) is 15.2. The van der Waals surface area contributed by atoms with Crippen LogP contribution in [0.25, 0.3) is 5.69 Å². The fourth-order valence-electron chi connectivity index (χ4n) is 5.50. The minimum absolute atomic E-state index is 0.0129. The molecule has 46 heavy (non-hydrogen) atoms. The number of amides is 2. The second-order valence-electron chi connectivity index (χ2n) is 11.5. The predicted octanol–water partition coefficient (Wildman–Crippen LogP) is 2.55. The van der Waals surface area contributed by atoms with Crippen molar-refractivity contribution in [2.75, 3.05) is 75.5 Å². The molecule has 2 aromatic heterocycles. The molecule has 17 heteroatoms. The van der Waals surface area contributed by atoms with Gasteiger partial charge in [0.2, 0.25) is 5.95 Å². The molecule has 5 rings (SSSR count). The third-order valence-corrected chi connectivity index (χ3v) is 8.60. The number of benzene rings is 1. The molecule has 0 bridgehead atoms. The number of nitrogens with zero attached hydrogens (tertiary/aromatic N) is 7. The summed E-state index contributed by atoms with van der Waals surface area (Å²) in [5.74, 6) is -4.76. The number of anilines is 3. The standard InChI is InChI=1S/C29H36ClF3N10O3/c1-16-13-42(14-17(2)40(16)3)22-12-19(31)25(23(32)24(22)36-28(44)18-11-20(34)27(33)37-26(18)30)43-15-21(38-39-43)29(45)35-5-4-6-41-7-9-46-10-8-41/h11-12,15-17H,4-10,13-14,34H2,1-3H3,(H,35,45)(H,36,44)/t16-,17+. The van der Waals surface area contributed by atoms with Crippen molar-refractivity contribution in [3.63, 3.8) is 0 Å². The number of rotatable bonds is 9. The molecule has 2 amide bonds. The summed E-state index contributed by atoms with van der Waals surface area (Å²) < 4.78 is 52.2. The number of carbonyl (C=O) groups is 2. The number of nitrogens with one attached hydrogen (secondary N) is 2. The van der Waals surface area contributed by atoms with Crippen molar-refractivity contribution in [1.82, 2.24) is 35.1 Å². The summed E-state index contributed by atoms with van der Waals surface area (Å²) in [5, 5.41) is 12.3. The SMILES string of the molecule is C[C@@H]1CN(c2cc(F)c(-n3cc(C(=O)NCCCN4CCOCC4)nn3)c(F)c2NC(=O)c2cc(N)c(F)nc2Cl)C[C@H](C)N1C. The van der Waals surface area contributed by atoms with Gasteiger partial charge in [-0.2, -0.15) is 4.39 Å². The first-order valence-electron chi connectivity index (χ1n) is 14.9. The fourth-order valence-corrected chi connectivity index (χ4v) is 5.71. The number of pyridine rings is 1. The Morgan fingerprint density at radius 1 is 1.11 bits per heavy atom. The zero-order valence-corrected chi connectivity index (χ0v) is 26.5. The number of carbonyl (C=O) groups excluding carboxylic acids is 2. The topological polar surface area (TPSA) is 147 Å². The molecular formula is C29H36ClF3N10O3. The van der Waals surface area contributed by atoms with Crippen LogP contribution in [0.15, 0.2) is 18.3 Å². The van der Waals surface area contributed by atoms with Gasteiger partial charge in [-0.3, -0.25) is 19.4 Å². The van der Waals surface area contributed by atoms with E-state index in [-0.39, 0.29) is 34.7 Å². The fraction of sp³-hybridized carbons (Fsp3) is 0.483. The second kappa shape index (κ2) is 14.2. The molecule has 13 nitrogen and oxygen atoms in total. The third-order valence-electron chi connectivity index (χ3n) is 8.31. The van der Waals surface area contributed by atoms with E-state index in [0.29, 0.717) is 39.3 Å². The normalized spacial score (nSPS) is 19.3. The molecule has 0 aliphatic carbocycles. The number of piperazine rings is 1. The first kappa shape index (κ1) is 33.4. The number of morpholine rings is 1. The second-order valence-corrected chi connectivity index (χ2v) is 11.8. The van der Waals surface area contributed by atoms with Crippen LogP contribution in [0.4, 0.5) is 30.2 Å². The van der Waals surface area contributed by atoms with Gasteiger partial charge >= 0.3 is 0 Å². The number of hydrogen-bond acceptors (Lipinski definition) is 10. The summed E-state index contributed by atoms with van der Waals surface area (Å²) >= 11 is 6.01. The van der Waals surface area contributed by atoms with Gasteiger partial charge in [0.25, 0.3) is 11.8 Å². The van der Waals surface area contributed by atoms with Gasteiger partial charge < -0.3 is 26.0 Å². The Bertz CT molecular complexity index is 1590. The van der Waals surface area contributed by atoms with Crippen LogP contribution in [0.2, 0.25) is 5.15 Å². The Morgan fingerprint density at radius 2 is 1.80 bits per heavy atom. The highest BCUT2D eigenvalue weighted by Crippen LogP contribution is 2.37. The zero-order valence-electron chi connectivity index (χ0n) is 25.7. The molecule has 248 valence electrons. The van der Waals surface area contributed by atoms with Crippen molar-refractivity contribution in [2.24, 2.45) is 0 Å². The summed E-state index contributed by atoms with van der Waals surface area (Å²) in [6.07, 6.45) is 1.79. The minimum Gasteiger partial charge on any atom is -0.395 e. The van der Waals surface area contributed by atoms with Crippen molar-refractivity contribution in [2.45, 2.75) is 32.4 Å². The van der Waals surface area contributed by atoms with Gasteiger partial charge in [-0.15, -0.1) is 5.10 Å². The molecule has 1 aromatic carbocycles. The van der Waals surface area contributed by atoms with E-state index in [1.54, 1.807) is 4.90 Å². The van der Waals surface area contributed by atoms with E-state index in [2.05, 4.69) is 35.7 Å². The van der Waals surface area contributed by atoms with Crippen LogP contribution in [0.3, 0.4) is 0 Å². The highest BCUT2D eigenvalue weighted by molar-refractivity contribution is 6.33. The summed E-state index contributed by atoms with van der Waals surface area (Å²) in [4.78, 5) is 35.6. The lowest BCUT2D eigenvalue weighted by Gasteiger charge is -2.44. The van der Waals surface area contributed by atoms with Crippen LogP contribution < -0.4 is 21.3 Å². The Morgan fingerprint density at radius 3 is 2.50 bits per heavy atom. The van der Waals surface area contributed by atoms with E-state index in [9.17, 15) is 14.0 Å². The highest BCUT2D eigenvalue weighted by atomic mass is 35.5. The Balaban J connectivity index is 1.43. The van der Waals surface area contributed by atoms with Gasteiger partial charge in [0.05, 0.1) is 36.3 Å². The number of hydrogen-bond donors (Lipinski definition) is 3. The van der Waals surface area contributed by atoms with Gasteiger partial charge in [-0.25, -0.2) is 18.4 Å². The lowest BCUT2D eigenvalue weighted by molar-refractivity contribution is 0.0374. The van der Waals surface area contributed by atoms with Crippen LogP contribution in [0.1, 0.15) is 41.1 Å². The molecule has 2 saturated heterocycles. The molecular weight excluding hydrogens is 629 g/mol. The van der Waals surface area contributed by atoms with Gasteiger partial charge in [0.15, 0.2) is 17.3 Å². The van der Waals surface area contributed by atoms with Crippen LogP contribution in [0, 0.1) is 17.6 Å². The average molecular weight is 665 g/mol. The Hall–Kier alpha value is -3.99. The van der Waals surface area contributed by atoms with E-state index in [1.807, 2.05) is 20.9 Å². The number of ether oxygens (including phenoxy) is 1. The van der Waals surface area contributed by atoms with Crippen molar-refractivity contribution in [1.29, 1.82) is 0 Å². The molecule has 3 aromatic rings. The van der Waals surface area contributed by atoms with Gasteiger partial charge in [-0.05, 0) is 39.9 Å². The number of nitrogens with two attached hydrogens (primary N) is 1. The highest BCUT2D eigenvalue weighted by Gasteiger charge is 2.32. The van der Waals surface area contributed by atoms with E-state index in [0.717, 1.165) is 42.6 Å². The molecule has 0 saturated carbocycles. The van der Waals surface area contributed by atoms with E-state index < -0.39 is 45.9 Å². The average Bonchev–Trinajstić information content (AvgIpc) is 3.51. The maximum atomic E-state index is 16.4. The largest absolute Gasteiger partial charge is 0.395 e. The van der Waals surface area contributed by atoms with Crippen molar-refractivity contribution in [3.05, 3.63) is 52.3 Å². The number of aromatic nitrogens is 4. The van der Waals surface area contributed by atoms with E-state index in [4.69, 9.17) is 22.1 Å². The Labute approximate surface area is 268 Å². The summed E-state index contributed by atoms with van der Waals surface area (Å²) in [6, 6.07) is 2.09. The van der Waals surface area contributed by atoms with Gasteiger partial charge in [0, 0.05) is 50.9 Å². The van der Waals surface area contributed by atoms with Crippen LogP contribution in [0.5, 0.6) is 0 Å². The van der Waals surface area contributed by atoms with Crippen LogP contribution in [-0.2, 0) is 4.74 Å². The van der Waals surface area contributed by atoms with Crippen molar-refractivity contribution < 1.29 is 27.5 Å². The number of halogens is 4. The summed E-state index contributed by atoms with van der Waals surface area (Å²) in [6.45, 7) is 8.89. The lowest BCUT2D eigenvalue weighted by atomic mass is 10.1. The van der Waals surface area contributed by atoms with E-state index >= 15 is 8.78 Å². The molecule has 0 spiro atoms. The lowest BCUT2D eigenvalue weighted by Crippen LogP contribution is -2.55. The molecule has 4 N–H and O–H groups in total. The van der Waals surface area contributed by atoms with Crippen LogP contribution >= 0.6 is 11.6 Å². The zero-order chi connectivity index (χ0) is 33.1. The van der Waals surface area contributed by atoms with Gasteiger partial charge in [-0.1, -0.05) is 16.8 Å². The van der Waals surface area contributed by atoms with Crippen LogP contribution in [-0.4, -0.2) is 113 Å². The predicted molar refractivity (Wildman–Crippen MR) is 166 cm³/mol. The molecule has 0 radical (unpaired) electrons. The summed E-state index contributed by atoms with van der Waals surface area (Å²) in [7, 11) is 1.95. The molecule has 2 aliphatic rings. The Kier molecular flexibility index (Phi) is 10.3. The smallest absolute Gasteiger partial charge is 0.273 e. The third kappa shape index (κ3) is 7.19. The quantitative estimate of drug-likeness (QED) is 0.230. The molecule has 2 atom stereocenters. The van der Waals surface area contributed by atoms with E-state index in [1.165, 1.54) is 0 Å². The van der Waals surface area contributed by atoms with Crippen molar-refractivity contribution >= 4 is 40.5 Å². The molecule has 2 fully saturated rings. The monoisotopic (exact) mass is 664 g/mol. The van der Waals surface area contributed by atoms with Gasteiger partial charge in [0.1, 0.15) is 16.5 Å². The molecule has 2 aliphatic heterocycles.